The van der Waals surface area contributed by atoms with Gasteiger partial charge in [0.15, 0.2) is 0 Å². The van der Waals surface area contributed by atoms with E-state index in [1.807, 2.05) is 0 Å². The molecule has 0 aromatic carbocycles. The molecule has 0 unspecified atom stereocenters. The van der Waals surface area contributed by atoms with Gasteiger partial charge in [0, 0.05) is 0 Å². The van der Waals surface area contributed by atoms with Crippen molar-refractivity contribution in [2.45, 2.75) is 64.7 Å². The van der Waals surface area contributed by atoms with Crippen LogP contribution in [0, 0.1) is 0 Å². The van der Waals surface area contributed by atoms with Gasteiger partial charge >= 0.3 is 0 Å². The molecule has 100 valence electrons. The Hall–Kier alpha value is -0.840. The van der Waals surface area contributed by atoms with E-state index in [-0.39, 0.29) is 11.3 Å². The molecule has 0 rings (SSSR count). The highest BCUT2D eigenvalue weighted by molar-refractivity contribution is 7.73. The molecule has 0 atom stereocenters. The minimum atomic E-state index is -2.27. The molecule has 1 amide bonds. The lowest BCUT2D eigenvalue weighted by Crippen LogP contribution is -2.16. The van der Waals surface area contributed by atoms with Crippen LogP contribution >= 0.6 is 0 Å². The van der Waals surface area contributed by atoms with Crippen LogP contribution in [-0.2, 0) is 15.1 Å². The van der Waals surface area contributed by atoms with Gasteiger partial charge in [0.25, 0.3) is 0 Å². The van der Waals surface area contributed by atoms with E-state index in [4.69, 9.17) is 5.73 Å². The fraction of sp³-hybridized carbons (Fsp3) is 0.833. The van der Waals surface area contributed by atoms with Crippen LogP contribution in [-0.4, -0.2) is 19.2 Å². The maximum atomic E-state index is 10.8. The number of hydrogen-bond acceptors (Lipinski definition) is 3. The van der Waals surface area contributed by atoms with E-state index in [2.05, 4.69) is 6.92 Å². The molecule has 0 aromatic rings. The average Bonchev–Trinajstić information content (AvgIpc) is 2.25. The number of rotatable bonds is 10. The molecule has 0 spiro atoms. The van der Waals surface area contributed by atoms with E-state index < -0.39 is 16.2 Å². The van der Waals surface area contributed by atoms with Crippen molar-refractivity contribution in [3.8, 4) is 0 Å². The third kappa shape index (κ3) is 10.1. The number of carbonyl (C=O) groups is 1. The van der Waals surface area contributed by atoms with Crippen molar-refractivity contribution in [3.63, 3.8) is 0 Å². The maximum Gasteiger partial charge on any atom is 0.222 e. The van der Waals surface area contributed by atoms with Crippen molar-refractivity contribution in [3.05, 3.63) is 0 Å². The topological polar surface area (TPSA) is 77.2 Å². The van der Waals surface area contributed by atoms with Crippen molar-refractivity contribution < 1.29 is 13.2 Å². The Morgan fingerprint density at radius 2 is 1.53 bits per heavy atom. The molecule has 4 nitrogen and oxygen atoms in total. The fourth-order valence-electron chi connectivity index (χ4n) is 1.70. The van der Waals surface area contributed by atoms with Crippen LogP contribution < -0.4 is 5.73 Å². The highest BCUT2D eigenvalue weighted by atomic mass is 32.2. The molecule has 0 saturated carbocycles. The zero-order valence-electron chi connectivity index (χ0n) is 10.6. The average molecular weight is 261 g/mol. The molecular weight excluding hydrogens is 238 g/mol. The lowest BCUT2D eigenvalue weighted by Gasteiger charge is -2.01. The van der Waals surface area contributed by atoms with E-state index in [9.17, 15) is 13.2 Å². The van der Waals surface area contributed by atoms with Gasteiger partial charge in [-0.15, -0.1) is 0 Å². The van der Waals surface area contributed by atoms with Crippen LogP contribution in [0.1, 0.15) is 64.7 Å². The molecule has 5 heteroatoms. The Balaban J connectivity index is 3.71. The summed E-state index contributed by atoms with van der Waals surface area (Å²) in [6.45, 7) is 2.18. The zero-order valence-corrected chi connectivity index (χ0v) is 11.4. The Bertz CT molecular complexity index is 339. The second-order valence-electron chi connectivity index (χ2n) is 4.29. The van der Waals surface area contributed by atoms with Gasteiger partial charge in [-0.2, -0.15) is 8.42 Å². The maximum absolute atomic E-state index is 10.8. The molecular formula is C12H23NO3S. The predicted molar refractivity (Wildman–Crippen MR) is 70.3 cm³/mol. The van der Waals surface area contributed by atoms with Gasteiger partial charge in [-0.3, -0.25) is 4.79 Å². The largest absolute Gasteiger partial charge is 0.369 e. The molecule has 0 aliphatic carbocycles. The Morgan fingerprint density at radius 3 is 2.00 bits per heavy atom. The van der Waals surface area contributed by atoms with Crippen molar-refractivity contribution in [2.75, 3.05) is 0 Å². The third-order valence-corrected chi connectivity index (χ3v) is 3.49. The number of carbonyl (C=O) groups excluding carboxylic acids is 1. The number of primary amides is 1. The van der Waals surface area contributed by atoms with E-state index in [0.29, 0.717) is 6.42 Å². The summed E-state index contributed by atoms with van der Waals surface area (Å²) in [5.41, 5.74) is 4.98. The lowest BCUT2D eigenvalue weighted by atomic mass is 10.1. The monoisotopic (exact) mass is 261 g/mol. The SMILES string of the molecule is CCCCCCCCCC(CC(N)=O)=S(=O)=O. The first-order valence-electron chi connectivity index (χ1n) is 6.30. The summed E-state index contributed by atoms with van der Waals surface area (Å²) in [6.07, 6.45) is 8.26. The quantitative estimate of drug-likeness (QED) is 0.483. The minimum Gasteiger partial charge on any atom is -0.369 e. The fourth-order valence-corrected chi connectivity index (χ4v) is 2.28. The molecule has 0 radical (unpaired) electrons. The smallest absolute Gasteiger partial charge is 0.222 e. The van der Waals surface area contributed by atoms with Gasteiger partial charge in [-0.25, -0.2) is 0 Å². The van der Waals surface area contributed by atoms with Crippen LogP contribution in [0.15, 0.2) is 0 Å². The van der Waals surface area contributed by atoms with E-state index in [0.717, 1.165) is 19.3 Å². The molecule has 0 saturated heterocycles. The van der Waals surface area contributed by atoms with Crippen LogP contribution in [0.25, 0.3) is 0 Å². The van der Waals surface area contributed by atoms with Crippen molar-refractivity contribution >= 4 is 21.1 Å². The van der Waals surface area contributed by atoms with Gasteiger partial charge in [-0.05, 0) is 12.8 Å². The molecule has 2 N–H and O–H groups in total. The summed E-state index contributed by atoms with van der Waals surface area (Å²) >= 11 is 0. The second-order valence-corrected chi connectivity index (χ2v) is 5.33. The molecule has 17 heavy (non-hydrogen) atoms. The van der Waals surface area contributed by atoms with E-state index >= 15 is 0 Å². The Kier molecular flexibility index (Phi) is 9.81. The first-order chi connectivity index (χ1) is 8.07. The summed E-state index contributed by atoms with van der Waals surface area (Å²) in [7, 11) is -2.27. The van der Waals surface area contributed by atoms with Crippen LogP contribution in [0.3, 0.4) is 0 Å². The molecule has 0 aromatic heterocycles. The van der Waals surface area contributed by atoms with Crippen LogP contribution in [0.5, 0.6) is 0 Å². The normalized spacial score (nSPS) is 10.2. The molecule has 0 fully saturated rings. The van der Waals surface area contributed by atoms with Gasteiger partial charge in [0.2, 0.25) is 16.2 Å². The highest BCUT2D eigenvalue weighted by Crippen LogP contribution is 2.09. The summed E-state index contributed by atoms with van der Waals surface area (Å²) < 4.78 is 21.6. The molecule has 0 aliphatic heterocycles. The predicted octanol–water partition coefficient (Wildman–Crippen LogP) is 2.05. The minimum absolute atomic E-state index is 0.133. The first-order valence-corrected chi connectivity index (χ1v) is 7.37. The zero-order chi connectivity index (χ0) is 13.1. The van der Waals surface area contributed by atoms with Gasteiger partial charge in [0.05, 0.1) is 11.3 Å². The summed E-state index contributed by atoms with van der Waals surface area (Å²) in [4.78, 5) is 10.9. The Morgan fingerprint density at radius 1 is 1.00 bits per heavy atom. The number of amides is 1. The van der Waals surface area contributed by atoms with Gasteiger partial charge in [-0.1, -0.05) is 45.4 Å². The summed E-state index contributed by atoms with van der Waals surface area (Å²) in [5.74, 6) is -0.577. The van der Waals surface area contributed by atoms with Gasteiger partial charge < -0.3 is 5.73 Å². The first kappa shape index (κ1) is 16.2. The Labute approximate surface area is 105 Å². The number of nitrogens with two attached hydrogens (primary N) is 1. The standard InChI is InChI=1S/C12H23NO3S/c1-2-3-4-5-6-7-8-9-11(17(15)16)10-12(13)14/h2-10H2,1H3,(H2,13,14). The van der Waals surface area contributed by atoms with Crippen molar-refractivity contribution in [1.82, 2.24) is 0 Å². The third-order valence-electron chi connectivity index (χ3n) is 2.67. The lowest BCUT2D eigenvalue weighted by molar-refractivity contribution is -0.116. The van der Waals surface area contributed by atoms with Crippen molar-refractivity contribution in [2.24, 2.45) is 5.73 Å². The van der Waals surface area contributed by atoms with Gasteiger partial charge in [0.1, 0.15) is 0 Å². The summed E-state index contributed by atoms with van der Waals surface area (Å²) in [5, 5.41) is 0. The number of hydrogen-bond donors (Lipinski definition) is 1. The summed E-state index contributed by atoms with van der Waals surface area (Å²) in [6, 6.07) is 0. The van der Waals surface area contributed by atoms with Crippen LogP contribution in [0.2, 0.25) is 0 Å². The molecule has 0 aliphatic rings. The van der Waals surface area contributed by atoms with E-state index in [1.165, 1.54) is 25.7 Å². The molecule has 0 heterocycles. The number of unbranched alkanes of at least 4 members (excludes halogenated alkanes) is 6. The molecule has 0 bridgehead atoms. The highest BCUT2D eigenvalue weighted by Gasteiger charge is 2.05. The van der Waals surface area contributed by atoms with Crippen LogP contribution in [0.4, 0.5) is 0 Å². The van der Waals surface area contributed by atoms with Crippen molar-refractivity contribution in [1.29, 1.82) is 0 Å². The van der Waals surface area contributed by atoms with E-state index in [1.54, 1.807) is 0 Å². The second kappa shape index (κ2) is 10.3.